The largest absolute Gasteiger partial charge is 0.480 e. The molecule has 1 saturated carbocycles. The average molecular weight is 282 g/mol. The molecule has 0 bridgehead atoms. The fraction of sp³-hybridized carbons (Fsp3) is 0.867. The molecule has 20 heavy (non-hydrogen) atoms. The Balaban J connectivity index is 2.02. The molecule has 1 aliphatic carbocycles. The fourth-order valence-corrected chi connectivity index (χ4v) is 3.69. The first-order valence-corrected chi connectivity index (χ1v) is 7.80. The molecular weight excluding hydrogens is 256 g/mol. The van der Waals surface area contributed by atoms with E-state index in [1.165, 1.54) is 19.3 Å². The molecule has 0 aromatic heterocycles. The van der Waals surface area contributed by atoms with Gasteiger partial charge in [-0.15, -0.1) is 0 Å². The van der Waals surface area contributed by atoms with Gasteiger partial charge in [0, 0.05) is 12.6 Å². The second-order valence-electron chi connectivity index (χ2n) is 6.41. The van der Waals surface area contributed by atoms with Gasteiger partial charge in [0.1, 0.15) is 5.54 Å². The number of likely N-dealkylation sites (tertiary alicyclic amines) is 1. The number of hydrogen-bond donors (Lipinski definition) is 2. The highest BCUT2D eigenvalue weighted by Gasteiger charge is 2.41. The molecule has 3 atom stereocenters. The van der Waals surface area contributed by atoms with Crippen LogP contribution in [0.1, 0.15) is 58.8 Å². The SMILES string of the molecule is CCCC(C)(NC(=O)N1CCC2CCCCC21)C(=O)O. The van der Waals surface area contributed by atoms with E-state index in [1.807, 2.05) is 11.8 Å². The van der Waals surface area contributed by atoms with Crippen LogP contribution >= 0.6 is 0 Å². The summed E-state index contributed by atoms with van der Waals surface area (Å²) < 4.78 is 0. The number of urea groups is 1. The minimum atomic E-state index is -1.15. The smallest absolute Gasteiger partial charge is 0.329 e. The number of amides is 2. The number of nitrogens with one attached hydrogen (secondary N) is 1. The zero-order chi connectivity index (χ0) is 14.8. The van der Waals surface area contributed by atoms with Gasteiger partial charge in [-0.05, 0) is 38.5 Å². The van der Waals surface area contributed by atoms with Crippen molar-refractivity contribution in [2.45, 2.75) is 70.4 Å². The molecule has 0 aromatic carbocycles. The molecule has 2 N–H and O–H groups in total. The van der Waals surface area contributed by atoms with Gasteiger partial charge in [0.25, 0.3) is 0 Å². The highest BCUT2D eigenvalue weighted by Crippen LogP contribution is 2.36. The molecule has 0 spiro atoms. The molecule has 5 nitrogen and oxygen atoms in total. The molecule has 2 fully saturated rings. The van der Waals surface area contributed by atoms with Gasteiger partial charge in [-0.25, -0.2) is 9.59 Å². The first-order chi connectivity index (χ1) is 9.48. The van der Waals surface area contributed by atoms with E-state index in [0.717, 1.165) is 25.8 Å². The Morgan fingerprint density at radius 3 is 2.65 bits per heavy atom. The van der Waals surface area contributed by atoms with Crippen molar-refractivity contribution in [3.63, 3.8) is 0 Å². The minimum absolute atomic E-state index is 0.197. The van der Waals surface area contributed by atoms with Crippen LogP contribution in [0.3, 0.4) is 0 Å². The highest BCUT2D eigenvalue weighted by molar-refractivity contribution is 5.86. The number of aliphatic carboxylic acids is 1. The van der Waals surface area contributed by atoms with Crippen LogP contribution in [0, 0.1) is 5.92 Å². The highest BCUT2D eigenvalue weighted by atomic mass is 16.4. The van der Waals surface area contributed by atoms with Gasteiger partial charge in [-0.1, -0.05) is 26.2 Å². The Morgan fingerprint density at radius 1 is 1.30 bits per heavy atom. The van der Waals surface area contributed by atoms with E-state index in [1.54, 1.807) is 6.92 Å². The van der Waals surface area contributed by atoms with Crippen LogP contribution in [0.4, 0.5) is 4.79 Å². The maximum absolute atomic E-state index is 12.4. The van der Waals surface area contributed by atoms with E-state index in [4.69, 9.17) is 0 Å². The van der Waals surface area contributed by atoms with E-state index in [9.17, 15) is 14.7 Å². The third-order valence-electron chi connectivity index (χ3n) is 4.88. The van der Waals surface area contributed by atoms with Crippen molar-refractivity contribution < 1.29 is 14.7 Å². The monoisotopic (exact) mass is 282 g/mol. The minimum Gasteiger partial charge on any atom is -0.480 e. The molecular formula is C15H26N2O3. The van der Waals surface area contributed by atoms with Crippen molar-refractivity contribution >= 4 is 12.0 Å². The van der Waals surface area contributed by atoms with Crippen LogP contribution in [0.15, 0.2) is 0 Å². The predicted molar refractivity (Wildman–Crippen MR) is 76.5 cm³/mol. The Morgan fingerprint density at radius 2 is 2.00 bits per heavy atom. The Hall–Kier alpha value is -1.26. The second kappa shape index (κ2) is 6.02. The summed E-state index contributed by atoms with van der Waals surface area (Å²) in [6, 6.07) is 0.126. The molecule has 114 valence electrons. The molecule has 1 heterocycles. The second-order valence-corrected chi connectivity index (χ2v) is 6.41. The summed E-state index contributed by atoms with van der Waals surface area (Å²) in [7, 11) is 0. The average Bonchev–Trinajstić information content (AvgIpc) is 2.82. The summed E-state index contributed by atoms with van der Waals surface area (Å²) in [4.78, 5) is 25.7. The number of carboxylic acid groups (broad SMARTS) is 1. The van der Waals surface area contributed by atoms with Gasteiger partial charge in [-0.2, -0.15) is 0 Å². The van der Waals surface area contributed by atoms with E-state index >= 15 is 0 Å². The third-order valence-corrected chi connectivity index (χ3v) is 4.88. The summed E-state index contributed by atoms with van der Waals surface area (Å²) >= 11 is 0. The van der Waals surface area contributed by atoms with Gasteiger partial charge in [0.15, 0.2) is 0 Å². The standard InChI is InChI=1S/C15H26N2O3/c1-3-9-15(2,13(18)19)16-14(20)17-10-8-11-6-4-5-7-12(11)17/h11-12H,3-10H2,1-2H3,(H,16,20)(H,18,19). The molecule has 5 heteroatoms. The third kappa shape index (κ3) is 2.91. The number of fused-ring (bicyclic) bond motifs is 1. The quantitative estimate of drug-likeness (QED) is 0.832. The van der Waals surface area contributed by atoms with Crippen molar-refractivity contribution in [2.24, 2.45) is 5.92 Å². The van der Waals surface area contributed by atoms with Crippen LogP contribution in [0.25, 0.3) is 0 Å². The Labute approximate surface area is 120 Å². The molecule has 1 saturated heterocycles. The summed E-state index contributed by atoms with van der Waals surface area (Å²) in [5.74, 6) is -0.330. The van der Waals surface area contributed by atoms with Crippen LogP contribution in [0.2, 0.25) is 0 Å². The summed E-state index contributed by atoms with van der Waals surface area (Å²) in [6.07, 6.45) is 6.96. The lowest BCUT2D eigenvalue weighted by Crippen LogP contribution is -2.57. The van der Waals surface area contributed by atoms with Gasteiger partial charge in [0.2, 0.25) is 0 Å². The lowest BCUT2D eigenvalue weighted by atomic mass is 9.85. The lowest BCUT2D eigenvalue weighted by molar-refractivity contribution is -0.144. The predicted octanol–water partition coefficient (Wildman–Crippen LogP) is 2.60. The lowest BCUT2D eigenvalue weighted by Gasteiger charge is -2.34. The Bertz CT molecular complexity index is 385. The van der Waals surface area contributed by atoms with Gasteiger partial charge in [-0.3, -0.25) is 0 Å². The zero-order valence-electron chi connectivity index (χ0n) is 12.5. The number of carboxylic acids is 1. The summed E-state index contributed by atoms with van der Waals surface area (Å²) in [5, 5.41) is 12.1. The van der Waals surface area contributed by atoms with Crippen molar-refractivity contribution in [3.8, 4) is 0 Å². The van der Waals surface area contributed by atoms with E-state index in [0.29, 0.717) is 18.4 Å². The Kier molecular flexibility index (Phi) is 4.55. The van der Waals surface area contributed by atoms with Crippen LogP contribution in [-0.2, 0) is 4.79 Å². The maximum atomic E-state index is 12.4. The molecule has 3 unspecified atom stereocenters. The van der Waals surface area contributed by atoms with Gasteiger partial charge in [0.05, 0.1) is 0 Å². The van der Waals surface area contributed by atoms with Gasteiger partial charge >= 0.3 is 12.0 Å². The first-order valence-electron chi connectivity index (χ1n) is 7.80. The molecule has 2 aliphatic rings. The van der Waals surface area contributed by atoms with Crippen molar-refractivity contribution in [3.05, 3.63) is 0 Å². The van der Waals surface area contributed by atoms with Crippen molar-refractivity contribution in [1.29, 1.82) is 0 Å². The number of hydrogen-bond acceptors (Lipinski definition) is 2. The number of rotatable bonds is 4. The first kappa shape index (κ1) is 15.1. The van der Waals surface area contributed by atoms with E-state index < -0.39 is 11.5 Å². The van der Waals surface area contributed by atoms with Gasteiger partial charge < -0.3 is 15.3 Å². The number of nitrogens with zero attached hydrogens (tertiary/aromatic N) is 1. The number of carbonyl (C=O) groups is 2. The van der Waals surface area contributed by atoms with Crippen LogP contribution in [-0.4, -0.2) is 40.1 Å². The zero-order valence-corrected chi connectivity index (χ0v) is 12.5. The molecule has 2 amide bonds. The van der Waals surface area contributed by atoms with Crippen LogP contribution in [0.5, 0.6) is 0 Å². The molecule has 0 aromatic rings. The maximum Gasteiger partial charge on any atom is 0.329 e. The van der Waals surface area contributed by atoms with Crippen molar-refractivity contribution in [1.82, 2.24) is 10.2 Å². The van der Waals surface area contributed by atoms with Crippen LogP contribution < -0.4 is 5.32 Å². The van der Waals surface area contributed by atoms with Crippen molar-refractivity contribution in [2.75, 3.05) is 6.54 Å². The number of carbonyl (C=O) groups excluding carboxylic acids is 1. The molecule has 0 radical (unpaired) electrons. The summed E-state index contributed by atoms with van der Waals surface area (Å²) in [5.41, 5.74) is -1.15. The molecule has 1 aliphatic heterocycles. The normalized spacial score (nSPS) is 28.6. The topological polar surface area (TPSA) is 69.6 Å². The van der Waals surface area contributed by atoms with E-state index in [2.05, 4.69) is 5.32 Å². The van der Waals surface area contributed by atoms with E-state index in [-0.39, 0.29) is 6.03 Å². The summed E-state index contributed by atoms with van der Waals surface area (Å²) in [6.45, 7) is 4.30. The molecule has 2 rings (SSSR count). The fourth-order valence-electron chi connectivity index (χ4n) is 3.69.